The van der Waals surface area contributed by atoms with Crippen LogP contribution in [0.3, 0.4) is 0 Å². The zero-order valence-electron chi connectivity index (χ0n) is 10.3. The summed E-state index contributed by atoms with van der Waals surface area (Å²) in [6.07, 6.45) is 0.803. The van der Waals surface area contributed by atoms with Crippen molar-refractivity contribution in [3.8, 4) is 17.2 Å². The molecule has 2 rings (SSSR count). The lowest BCUT2D eigenvalue weighted by Crippen LogP contribution is -1.90. The van der Waals surface area contributed by atoms with E-state index in [1.165, 1.54) is 0 Å². The molecule has 0 aromatic heterocycles. The first kappa shape index (κ1) is 12.2. The lowest BCUT2D eigenvalue weighted by Gasteiger charge is -2.10. The zero-order chi connectivity index (χ0) is 13.0. The summed E-state index contributed by atoms with van der Waals surface area (Å²) in [7, 11) is 1.61. The molecule has 2 aromatic carbocycles. The highest BCUT2D eigenvalue weighted by Crippen LogP contribution is 2.28. The SMILES string of the molecule is COc1cccc(Oc2cc(C=O)ccc2C)c1. The van der Waals surface area contributed by atoms with E-state index in [2.05, 4.69) is 0 Å². The van der Waals surface area contributed by atoms with Crippen molar-refractivity contribution in [2.45, 2.75) is 6.92 Å². The lowest BCUT2D eigenvalue weighted by atomic mass is 10.1. The van der Waals surface area contributed by atoms with Gasteiger partial charge in [0.15, 0.2) is 0 Å². The van der Waals surface area contributed by atoms with E-state index in [9.17, 15) is 4.79 Å². The molecule has 0 saturated heterocycles. The number of carbonyl (C=O) groups excluding carboxylic acids is 1. The molecule has 0 N–H and O–H groups in total. The molecule has 0 aliphatic carbocycles. The number of carbonyl (C=O) groups is 1. The van der Waals surface area contributed by atoms with Crippen LogP contribution in [-0.4, -0.2) is 13.4 Å². The van der Waals surface area contributed by atoms with E-state index in [0.717, 1.165) is 17.6 Å². The Balaban J connectivity index is 2.29. The van der Waals surface area contributed by atoms with Crippen LogP contribution < -0.4 is 9.47 Å². The first-order chi connectivity index (χ1) is 8.72. The molecule has 0 atom stereocenters. The molecule has 0 saturated carbocycles. The van der Waals surface area contributed by atoms with Gasteiger partial charge in [-0.3, -0.25) is 4.79 Å². The molecule has 0 fully saturated rings. The maximum Gasteiger partial charge on any atom is 0.150 e. The summed E-state index contributed by atoms with van der Waals surface area (Å²) in [5.41, 5.74) is 1.57. The maximum atomic E-state index is 10.7. The Kier molecular flexibility index (Phi) is 3.63. The van der Waals surface area contributed by atoms with Gasteiger partial charge >= 0.3 is 0 Å². The molecule has 0 heterocycles. The van der Waals surface area contributed by atoms with E-state index >= 15 is 0 Å². The fraction of sp³-hybridized carbons (Fsp3) is 0.133. The van der Waals surface area contributed by atoms with Crippen molar-refractivity contribution >= 4 is 6.29 Å². The molecule has 18 heavy (non-hydrogen) atoms. The summed E-state index contributed by atoms with van der Waals surface area (Å²) in [5, 5.41) is 0. The zero-order valence-corrected chi connectivity index (χ0v) is 10.3. The highest BCUT2D eigenvalue weighted by atomic mass is 16.5. The van der Waals surface area contributed by atoms with Crippen LogP contribution in [0.1, 0.15) is 15.9 Å². The van der Waals surface area contributed by atoms with Gasteiger partial charge in [-0.2, -0.15) is 0 Å². The minimum Gasteiger partial charge on any atom is -0.497 e. The van der Waals surface area contributed by atoms with E-state index in [4.69, 9.17) is 9.47 Å². The van der Waals surface area contributed by atoms with Gasteiger partial charge in [-0.15, -0.1) is 0 Å². The van der Waals surface area contributed by atoms with E-state index in [1.54, 1.807) is 25.3 Å². The number of benzene rings is 2. The van der Waals surface area contributed by atoms with Gasteiger partial charge < -0.3 is 9.47 Å². The van der Waals surface area contributed by atoms with Crippen molar-refractivity contribution in [2.24, 2.45) is 0 Å². The Morgan fingerprint density at radius 1 is 1.06 bits per heavy atom. The number of hydrogen-bond acceptors (Lipinski definition) is 3. The van der Waals surface area contributed by atoms with Crippen molar-refractivity contribution in [1.82, 2.24) is 0 Å². The summed E-state index contributed by atoms with van der Waals surface area (Å²) < 4.78 is 10.9. The van der Waals surface area contributed by atoms with Crippen molar-refractivity contribution in [3.63, 3.8) is 0 Å². The van der Waals surface area contributed by atoms with Crippen LogP contribution in [0.2, 0.25) is 0 Å². The summed E-state index contributed by atoms with van der Waals surface area (Å²) in [6, 6.07) is 12.7. The van der Waals surface area contributed by atoms with Gasteiger partial charge in [-0.1, -0.05) is 18.2 Å². The minimum absolute atomic E-state index is 0.596. The summed E-state index contributed by atoms with van der Waals surface area (Å²) >= 11 is 0. The van der Waals surface area contributed by atoms with Crippen molar-refractivity contribution in [3.05, 3.63) is 53.6 Å². The predicted octanol–water partition coefficient (Wildman–Crippen LogP) is 3.61. The highest BCUT2D eigenvalue weighted by molar-refractivity contribution is 5.76. The second-order valence-electron chi connectivity index (χ2n) is 3.92. The molecule has 0 amide bonds. The van der Waals surface area contributed by atoms with Crippen LogP contribution in [0, 0.1) is 6.92 Å². The second-order valence-corrected chi connectivity index (χ2v) is 3.92. The van der Waals surface area contributed by atoms with Crippen LogP contribution in [0.5, 0.6) is 17.2 Å². The van der Waals surface area contributed by atoms with E-state index < -0.39 is 0 Å². The first-order valence-electron chi connectivity index (χ1n) is 5.60. The van der Waals surface area contributed by atoms with Crippen LogP contribution >= 0.6 is 0 Å². The average molecular weight is 242 g/mol. The summed E-state index contributed by atoms with van der Waals surface area (Å²) in [5.74, 6) is 2.09. The number of methoxy groups -OCH3 is 1. The van der Waals surface area contributed by atoms with Gasteiger partial charge in [0, 0.05) is 11.6 Å². The Bertz CT molecular complexity index is 561. The molecule has 3 nitrogen and oxygen atoms in total. The number of hydrogen-bond donors (Lipinski definition) is 0. The standard InChI is InChI=1S/C15H14O3/c1-11-6-7-12(10-16)8-15(11)18-14-5-3-4-13(9-14)17-2/h3-10H,1-2H3. The Hall–Kier alpha value is -2.29. The smallest absolute Gasteiger partial charge is 0.150 e. The Labute approximate surface area is 106 Å². The molecule has 2 aromatic rings. The normalized spacial score (nSPS) is 9.89. The quantitative estimate of drug-likeness (QED) is 0.768. The van der Waals surface area contributed by atoms with Crippen LogP contribution in [-0.2, 0) is 0 Å². The second kappa shape index (κ2) is 5.36. The van der Waals surface area contributed by atoms with Crippen molar-refractivity contribution in [2.75, 3.05) is 7.11 Å². The van der Waals surface area contributed by atoms with Crippen molar-refractivity contribution in [1.29, 1.82) is 0 Å². The van der Waals surface area contributed by atoms with Crippen LogP contribution in [0.15, 0.2) is 42.5 Å². The van der Waals surface area contributed by atoms with Gasteiger partial charge in [0.05, 0.1) is 7.11 Å². The number of aryl methyl sites for hydroxylation is 1. The van der Waals surface area contributed by atoms with Gasteiger partial charge in [0.25, 0.3) is 0 Å². The third-order valence-corrected chi connectivity index (χ3v) is 2.62. The molecule has 3 heteroatoms. The molecular weight excluding hydrogens is 228 g/mol. The highest BCUT2D eigenvalue weighted by Gasteiger charge is 2.04. The fourth-order valence-electron chi connectivity index (χ4n) is 1.59. The molecular formula is C15H14O3. The molecule has 92 valence electrons. The monoisotopic (exact) mass is 242 g/mol. The number of aldehydes is 1. The maximum absolute atomic E-state index is 10.7. The van der Waals surface area contributed by atoms with E-state index in [1.807, 2.05) is 31.2 Å². The van der Waals surface area contributed by atoms with Crippen molar-refractivity contribution < 1.29 is 14.3 Å². The summed E-state index contributed by atoms with van der Waals surface area (Å²) in [4.78, 5) is 10.7. The van der Waals surface area contributed by atoms with E-state index in [0.29, 0.717) is 17.1 Å². The minimum atomic E-state index is 0.596. The third kappa shape index (κ3) is 2.69. The number of rotatable bonds is 4. The molecule has 0 aliphatic heterocycles. The molecule has 0 spiro atoms. The molecule has 0 radical (unpaired) electrons. The molecule has 0 unspecified atom stereocenters. The molecule has 0 aliphatic rings. The van der Waals surface area contributed by atoms with Crippen LogP contribution in [0.25, 0.3) is 0 Å². The third-order valence-electron chi connectivity index (χ3n) is 2.62. The Morgan fingerprint density at radius 3 is 2.56 bits per heavy atom. The predicted molar refractivity (Wildman–Crippen MR) is 69.6 cm³/mol. The fourth-order valence-corrected chi connectivity index (χ4v) is 1.59. The van der Waals surface area contributed by atoms with Gasteiger partial charge in [0.1, 0.15) is 23.5 Å². The van der Waals surface area contributed by atoms with E-state index in [-0.39, 0.29) is 0 Å². The first-order valence-corrected chi connectivity index (χ1v) is 5.60. The lowest BCUT2D eigenvalue weighted by molar-refractivity contribution is 0.112. The largest absolute Gasteiger partial charge is 0.497 e. The van der Waals surface area contributed by atoms with Gasteiger partial charge in [0.2, 0.25) is 0 Å². The average Bonchev–Trinajstić information content (AvgIpc) is 2.41. The van der Waals surface area contributed by atoms with Gasteiger partial charge in [-0.25, -0.2) is 0 Å². The number of ether oxygens (including phenoxy) is 2. The Morgan fingerprint density at radius 2 is 1.83 bits per heavy atom. The van der Waals surface area contributed by atoms with Gasteiger partial charge in [-0.05, 0) is 30.7 Å². The topological polar surface area (TPSA) is 35.5 Å². The molecule has 0 bridgehead atoms. The summed E-state index contributed by atoms with van der Waals surface area (Å²) in [6.45, 7) is 1.93. The van der Waals surface area contributed by atoms with Crippen LogP contribution in [0.4, 0.5) is 0 Å².